The van der Waals surface area contributed by atoms with Gasteiger partial charge in [0.15, 0.2) is 5.11 Å². The summed E-state index contributed by atoms with van der Waals surface area (Å²) in [5.74, 6) is 0.462. The number of carbonyl (C=O) groups excluding carboxylic acids is 2. The standard InChI is InChI=1S/C18H20N4O3S2/c1-25-15-10-6-5-9-14(15)20-18(26)22-21-17(24)12-27-11-16(23)19-13-7-3-2-4-8-13/h2-10H,11-12H2,1H3,(H,19,23)(H,21,24)(H2,20,22,26). The lowest BCUT2D eigenvalue weighted by Gasteiger charge is -2.13. The zero-order chi connectivity index (χ0) is 19.5. The van der Waals surface area contributed by atoms with Crippen molar-refractivity contribution in [1.29, 1.82) is 0 Å². The van der Waals surface area contributed by atoms with Crippen molar-refractivity contribution in [2.75, 3.05) is 29.2 Å². The molecular weight excluding hydrogens is 384 g/mol. The number of hydrogen-bond donors (Lipinski definition) is 4. The van der Waals surface area contributed by atoms with Crippen LogP contribution in [0.25, 0.3) is 0 Å². The predicted octanol–water partition coefficient (Wildman–Crippen LogP) is 2.38. The molecule has 142 valence electrons. The Morgan fingerprint density at radius 2 is 1.59 bits per heavy atom. The number of amides is 2. The maximum absolute atomic E-state index is 11.8. The maximum atomic E-state index is 11.8. The summed E-state index contributed by atoms with van der Waals surface area (Å²) in [5, 5.41) is 5.90. The molecule has 0 unspecified atom stereocenters. The van der Waals surface area contributed by atoms with Crippen LogP contribution in [0, 0.1) is 0 Å². The first-order valence-electron chi connectivity index (χ1n) is 8.00. The summed E-state index contributed by atoms with van der Waals surface area (Å²) in [6, 6.07) is 16.4. The number of rotatable bonds is 7. The molecule has 0 heterocycles. The van der Waals surface area contributed by atoms with Gasteiger partial charge in [-0.2, -0.15) is 0 Å². The van der Waals surface area contributed by atoms with E-state index in [0.717, 1.165) is 5.69 Å². The minimum atomic E-state index is -0.295. The van der Waals surface area contributed by atoms with Crippen LogP contribution in [0.5, 0.6) is 5.75 Å². The highest BCUT2D eigenvalue weighted by atomic mass is 32.2. The van der Waals surface area contributed by atoms with Crippen molar-refractivity contribution >= 4 is 52.3 Å². The molecular formula is C18H20N4O3S2. The number of nitrogens with one attached hydrogen (secondary N) is 4. The van der Waals surface area contributed by atoms with E-state index in [2.05, 4.69) is 21.5 Å². The fourth-order valence-corrected chi connectivity index (χ4v) is 2.80. The van der Waals surface area contributed by atoms with Gasteiger partial charge in [-0.25, -0.2) is 0 Å². The fraction of sp³-hybridized carbons (Fsp3) is 0.167. The lowest BCUT2D eigenvalue weighted by Crippen LogP contribution is -2.44. The van der Waals surface area contributed by atoms with E-state index in [1.165, 1.54) is 11.8 Å². The molecule has 2 rings (SSSR count). The van der Waals surface area contributed by atoms with Crippen molar-refractivity contribution in [1.82, 2.24) is 10.9 Å². The molecule has 0 aromatic heterocycles. The van der Waals surface area contributed by atoms with Crippen molar-refractivity contribution in [2.45, 2.75) is 0 Å². The van der Waals surface area contributed by atoms with Gasteiger partial charge in [0.1, 0.15) is 5.75 Å². The van der Waals surface area contributed by atoms with Gasteiger partial charge in [0.2, 0.25) is 11.8 Å². The first kappa shape index (κ1) is 20.5. The van der Waals surface area contributed by atoms with E-state index in [1.807, 2.05) is 30.3 Å². The molecule has 2 aromatic rings. The Bertz CT molecular complexity index is 787. The smallest absolute Gasteiger partial charge is 0.248 e. The monoisotopic (exact) mass is 404 g/mol. The molecule has 9 heteroatoms. The van der Waals surface area contributed by atoms with Crippen molar-refractivity contribution in [3.63, 3.8) is 0 Å². The summed E-state index contributed by atoms with van der Waals surface area (Å²) in [6.07, 6.45) is 0. The van der Waals surface area contributed by atoms with E-state index in [4.69, 9.17) is 17.0 Å². The third kappa shape index (κ3) is 7.55. The van der Waals surface area contributed by atoms with Gasteiger partial charge in [0.25, 0.3) is 0 Å². The van der Waals surface area contributed by atoms with E-state index in [-0.39, 0.29) is 28.4 Å². The molecule has 0 atom stereocenters. The molecule has 2 aromatic carbocycles. The summed E-state index contributed by atoms with van der Waals surface area (Å²) >= 11 is 6.33. The van der Waals surface area contributed by atoms with Crippen LogP contribution in [0.4, 0.5) is 11.4 Å². The van der Waals surface area contributed by atoms with Gasteiger partial charge >= 0.3 is 0 Å². The first-order valence-corrected chi connectivity index (χ1v) is 9.56. The molecule has 0 aliphatic rings. The van der Waals surface area contributed by atoms with Crippen LogP contribution in [-0.4, -0.2) is 35.5 Å². The first-order chi connectivity index (χ1) is 13.1. The maximum Gasteiger partial charge on any atom is 0.248 e. The number of methoxy groups -OCH3 is 1. The average molecular weight is 405 g/mol. The van der Waals surface area contributed by atoms with Crippen LogP contribution in [0.2, 0.25) is 0 Å². The summed E-state index contributed by atoms with van der Waals surface area (Å²) in [6.45, 7) is 0. The Morgan fingerprint density at radius 1 is 0.926 bits per heavy atom. The molecule has 0 bridgehead atoms. The second-order valence-corrected chi connectivity index (χ2v) is 6.63. The summed E-state index contributed by atoms with van der Waals surface area (Å²) in [4.78, 5) is 23.6. The van der Waals surface area contributed by atoms with Crippen molar-refractivity contribution < 1.29 is 14.3 Å². The lowest BCUT2D eigenvalue weighted by molar-refractivity contribution is -0.119. The van der Waals surface area contributed by atoms with Gasteiger partial charge in [-0.15, -0.1) is 11.8 Å². The summed E-state index contributed by atoms with van der Waals surface area (Å²) < 4.78 is 5.21. The highest BCUT2D eigenvalue weighted by Crippen LogP contribution is 2.22. The highest BCUT2D eigenvalue weighted by Gasteiger charge is 2.07. The minimum Gasteiger partial charge on any atom is -0.495 e. The fourth-order valence-electron chi connectivity index (χ4n) is 2.02. The van der Waals surface area contributed by atoms with E-state index in [1.54, 1.807) is 31.4 Å². The second-order valence-electron chi connectivity index (χ2n) is 5.23. The van der Waals surface area contributed by atoms with E-state index in [9.17, 15) is 9.59 Å². The molecule has 0 radical (unpaired) electrons. The Balaban J connectivity index is 1.64. The molecule has 0 spiro atoms. The van der Waals surface area contributed by atoms with Crippen LogP contribution in [0.3, 0.4) is 0 Å². The molecule has 27 heavy (non-hydrogen) atoms. The number of ether oxygens (including phenoxy) is 1. The van der Waals surface area contributed by atoms with E-state index < -0.39 is 0 Å². The van der Waals surface area contributed by atoms with Crippen LogP contribution < -0.4 is 26.2 Å². The SMILES string of the molecule is COc1ccccc1NC(=S)NNC(=O)CSCC(=O)Nc1ccccc1. The van der Waals surface area contributed by atoms with Crippen LogP contribution in [-0.2, 0) is 9.59 Å². The van der Waals surface area contributed by atoms with E-state index >= 15 is 0 Å². The zero-order valence-corrected chi connectivity index (χ0v) is 16.3. The Labute approximate surface area is 167 Å². The van der Waals surface area contributed by atoms with Crippen molar-refractivity contribution in [3.05, 3.63) is 54.6 Å². The number of para-hydroxylation sites is 3. The number of thioether (sulfide) groups is 1. The third-order valence-corrected chi connectivity index (χ3v) is 4.33. The molecule has 0 aliphatic heterocycles. The molecule has 4 N–H and O–H groups in total. The molecule has 2 amide bonds. The van der Waals surface area contributed by atoms with Crippen LogP contribution in [0.1, 0.15) is 0 Å². The lowest BCUT2D eigenvalue weighted by atomic mass is 10.3. The number of anilines is 2. The number of thiocarbonyl (C=S) groups is 1. The molecule has 0 fully saturated rings. The molecule has 0 saturated carbocycles. The van der Waals surface area contributed by atoms with Crippen LogP contribution >= 0.6 is 24.0 Å². The number of benzene rings is 2. The average Bonchev–Trinajstić information content (AvgIpc) is 2.67. The summed E-state index contributed by atoms with van der Waals surface area (Å²) in [5.41, 5.74) is 6.49. The highest BCUT2D eigenvalue weighted by molar-refractivity contribution is 8.00. The quantitative estimate of drug-likeness (QED) is 0.416. The second kappa shape index (κ2) is 11.0. The number of hydrogen-bond acceptors (Lipinski definition) is 5. The van der Waals surface area contributed by atoms with Gasteiger partial charge in [0.05, 0.1) is 24.3 Å². The van der Waals surface area contributed by atoms with Crippen molar-refractivity contribution in [3.8, 4) is 5.75 Å². The van der Waals surface area contributed by atoms with Gasteiger partial charge in [-0.1, -0.05) is 30.3 Å². The molecule has 0 saturated heterocycles. The summed E-state index contributed by atoms with van der Waals surface area (Å²) in [7, 11) is 1.56. The predicted molar refractivity (Wildman–Crippen MR) is 113 cm³/mol. The van der Waals surface area contributed by atoms with Crippen molar-refractivity contribution in [2.24, 2.45) is 0 Å². The molecule has 0 aliphatic carbocycles. The largest absolute Gasteiger partial charge is 0.495 e. The van der Waals surface area contributed by atoms with Gasteiger partial charge in [-0.3, -0.25) is 20.4 Å². The van der Waals surface area contributed by atoms with Gasteiger partial charge < -0.3 is 15.4 Å². The van der Waals surface area contributed by atoms with E-state index in [0.29, 0.717) is 11.4 Å². The van der Waals surface area contributed by atoms with Crippen LogP contribution in [0.15, 0.2) is 54.6 Å². The topological polar surface area (TPSA) is 91.5 Å². The van der Waals surface area contributed by atoms with Gasteiger partial charge in [0, 0.05) is 5.69 Å². The Morgan fingerprint density at radius 3 is 2.33 bits per heavy atom. The Kier molecular flexibility index (Phi) is 8.40. The minimum absolute atomic E-state index is 0.118. The third-order valence-electron chi connectivity index (χ3n) is 3.19. The Hall–Kier alpha value is -2.78. The molecule has 7 nitrogen and oxygen atoms in total. The number of carbonyl (C=O) groups is 2. The van der Waals surface area contributed by atoms with Gasteiger partial charge in [-0.05, 0) is 36.5 Å². The normalized spacial score (nSPS) is 9.81. The zero-order valence-electron chi connectivity index (χ0n) is 14.7. The number of hydrazine groups is 1.